The minimum absolute atomic E-state index is 0.0548. The molecule has 0 radical (unpaired) electrons. The summed E-state index contributed by atoms with van der Waals surface area (Å²) in [5, 5.41) is 16.6. The smallest absolute Gasteiger partial charge is 0.294 e. The molecule has 31 heavy (non-hydrogen) atoms. The average molecular weight is 424 g/mol. The summed E-state index contributed by atoms with van der Waals surface area (Å²) in [6.45, 7) is 0. The molecule has 0 aliphatic rings. The van der Waals surface area contributed by atoms with Gasteiger partial charge in [-0.25, -0.2) is 9.67 Å². The van der Waals surface area contributed by atoms with Crippen LogP contribution < -0.4 is 5.32 Å². The molecule has 0 bridgehead atoms. The van der Waals surface area contributed by atoms with Crippen LogP contribution in [0.1, 0.15) is 10.6 Å². The number of hydrogen-bond donors (Lipinski definition) is 1. The predicted molar refractivity (Wildman–Crippen MR) is 120 cm³/mol. The van der Waals surface area contributed by atoms with Crippen LogP contribution >= 0.6 is 11.3 Å². The van der Waals surface area contributed by atoms with E-state index in [0.717, 1.165) is 21.8 Å². The average Bonchev–Trinajstić information content (AvgIpc) is 3.49. The second kappa shape index (κ2) is 8.29. The zero-order valence-electron chi connectivity index (χ0n) is 16.2. The molecule has 3 aromatic carbocycles. The quantitative estimate of drug-likeness (QED) is 0.442. The van der Waals surface area contributed by atoms with E-state index in [1.165, 1.54) is 11.3 Å². The Hall–Kier alpha value is -4.17. The molecule has 0 aliphatic carbocycles. The Morgan fingerprint density at radius 3 is 2.06 bits per heavy atom. The fourth-order valence-corrected chi connectivity index (χ4v) is 3.80. The highest BCUT2D eigenvalue weighted by Crippen LogP contribution is 2.26. The van der Waals surface area contributed by atoms with Gasteiger partial charge >= 0.3 is 0 Å². The van der Waals surface area contributed by atoms with Crippen molar-refractivity contribution < 1.29 is 4.79 Å². The van der Waals surface area contributed by atoms with Crippen LogP contribution in [-0.2, 0) is 0 Å². The van der Waals surface area contributed by atoms with Crippen molar-refractivity contribution in [1.29, 1.82) is 0 Å². The van der Waals surface area contributed by atoms with Crippen LogP contribution in [0.4, 0.5) is 5.13 Å². The number of aromatic nitrogens is 5. The zero-order valence-corrected chi connectivity index (χ0v) is 17.0. The summed E-state index contributed by atoms with van der Waals surface area (Å²) >= 11 is 1.30. The van der Waals surface area contributed by atoms with Crippen LogP contribution in [0.15, 0.2) is 91.0 Å². The SMILES string of the molecule is O=C(Nc1nnc(-c2ccccc2)s1)c1nc(-c2ccccc2)n(-c2ccccc2)n1. The Bertz CT molecular complexity index is 1260. The molecule has 0 aliphatic heterocycles. The van der Waals surface area contributed by atoms with Crippen molar-refractivity contribution in [3.63, 3.8) is 0 Å². The number of carbonyl (C=O) groups is 1. The lowest BCUT2D eigenvalue weighted by molar-refractivity contribution is 0.101. The number of benzene rings is 3. The predicted octanol–water partition coefficient (Wildman–Crippen LogP) is 4.71. The van der Waals surface area contributed by atoms with Crippen molar-refractivity contribution in [2.24, 2.45) is 0 Å². The molecule has 0 saturated heterocycles. The van der Waals surface area contributed by atoms with Crippen molar-refractivity contribution in [2.45, 2.75) is 0 Å². The van der Waals surface area contributed by atoms with E-state index in [-0.39, 0.29) is 5.82 Å². The van der Waals surface area contributed by atoms with Crippen molar-refractivity contribution in [2.75, 3.05) is 5.32 Å². The van der Waals surface area contributed by atoms with E-state index in [2.05, 4.69) is 25.6 Å². The topological polar surface area (TPSA) is 85.6 Å². The molecule has 2 aromatic heterocycles. The molecule has 2 heterocycles. The van der Waals surface area contributed by atoms with Gasteiger partial charge < -0.3 is 0 Å². The van der Waals surface area contributed by atoms with Crippen molar-refractivity contribution in [3.8, 4) is 27.6 Å². The molecule has 0 atom stereocenters. The van der Waals surface area contributed by atoms with Crippen LogP contribution in [0.2, 0.25) is 0 Å². The first-order valence-electron chi connectivity index (χ1n) is 9.56. The second-order valence-corrected chi connectivity index (χ2v) is 7.58. The molecular weight excluding hydrogens is 408 g/mol. The van der Waals surface area contributed by atoms with Crippen LogP contribution in [0.5, 0.6) is 0 Å². The Kier molecular flexibility index (Phi) is 5.04. The first-order chi connectivity index (χ1) is 15.3. The monoisotopic (exact) mass is 424 g/mol. The largest absolute Gasteiger partial charge is 0.297 e. The van der Waals surface area contributed by atoms with E-state index >= 15 is 0 Å². The van der Waals surface area contributed by atoms with Crippen molar-refractivity contribution in [3.05, 3.63) is 96.8 Å². The minimum atomic E-state index is -0.442. The molecule has 0 saturated carbocycles. The normalized spacial score (nSPS) is 10.7. The van der Waals surface area contributed by atoms with E-state index in [0.29, 0.717) is 11.0 Å². The molecule has 150 valence electrons. The van der Waals surface area contributed by atoms with Gasteiger partial charge in [0.05, 0.1) is 5.69 Å². The number of para-hydroxylation sites is 1. The lowest BCUT2D eigenvalue weighted by Gasteiger charge is -2.05. The van der Waals surface area contributed by atoms with Gasteiger partial charge in [0.25, 0.3) is 5.91 Å². The number of amides is 1. The summed E-state index contributed by atoms with van der Waals surface area (Å²) < 4.78 is 1.67. The number of anilines is 1. The van der Waals surface area contributed by atoms with E-state index < -0.39 is 5.91 Å². The first kappa shape index (κ1) is 18.8. The van der Waals surface area contributed by atoms with Gasteiger partial charge in [0, 0.05) is 11.1 Å². The molecule has 0 unspecified atom stereocenters. The number of carbonyl (C=O) groups excluding carboxylic acids is 1. The summed E-state index contributed by atoms with van der Waals surface area (Å²) in [6.07, 6.45) is 0. The van der Waals surface area contributed by atoms with Gasteiger partial charge in [0.15, 0.2) is 5.82 Å². The van der Waals surface area contributed by atoms with Gasteiger partial charge in [-0.15, -0.1) is 15.3 Å². The molecule has 5 aromatic rings. The molecule has 1 amide bonds. The van der Waals surface area contributed by atoms with Gasteiger partial charge in [-0.2, -0.15) is 0 Å². The summed E-state index contributed by atoms with van der Waals surface area (Å²) in [5.74, 6) is 0.195. The van der Waals surface area contributed by atoms with Crippen LogP contribution in [0.25, 0.3) is 27.6 Å². The highest BCUT2D eigenvalue weighted by Gasteiger charge is 2.20. The highest BCUT2D eigenvalue weighted by molar-refractivity contribution is 7.18. The molecule has 0 fully saturated rings. The first-order valence-corrected chi connectivity index (χ1v) is 10.4. The third kappa shape index (κ3) is 3.96. The lowest BCUT2D eigenvalue weighted by atomic mass is 10.2. The Morgan fingerprint density at radius 1 is 0.774 bits per heavy atom. The van der Waals surface area contributed by atoms with Crippen molar-refractivity contribution in [1.82, 2.24) is 25.0 Å². The number of nitrogens with one attached hydrogen (secondary N) is 1. The van der Waals surface area contributed by atoms with Crippen molar-refractivity contribution >= 4 is 22.4 Å². The summed E-state index contributed by atoms with van der Waals surface area (Å²) in [6, 6.07) is 28.9. The lowest BCUT2D eigenvalue weighted by Crippen LogP contribution is -2.14. The Morgan fingerprint density at radius 2 is 1.39 bits per heavy atom. The van der Waals surface area contributed by atoms with Gasteiger partial charge in [-0.05, 0) is 12.1 Å². The molecule has 5 rings (SSSR count). The van der Waals surface area contributed by atoms with E-state index in [4.69, 9.17) is 0 Å². The Labute approximate surface area is 182 Å². The molecule has 1 N–H and O–H groups in total. The summed E-state index contributed by atoms with van der Waals surface area (Å²) in [4.78, 5) is 17.4. The van der Waals surface area contributed by atoms with Crippen LogP contribution in [0, 0.1) is 0 Å². The van der Waals surface area contributed by atoms with Gasteiger partial charge in [-0.1, -0.05) is 90.2 Å². The van der Waals surface area contributed by atoms with Crippen LogP contribution in [-0.4, -0.2) is 30.9 Å². The van der Waals surface area contributed by atoms with E-state index in [1.807, 2.05) is 91.0 Å². The van der Waals surface area contributed by atoms with Gasteiger partial charge in [-0.3, -0.25) is 10.1 Å². The standard InChI is InChI=1S/C23H16N6OS/c30-21(25-23-27-26-22(31-23)17-12-6-2-7-13-17)19-24-20(16-10-4-1-5-11-16)29(28-19)18-14-8-3-9-15-18/h1-15H,(H,25,27,30). The molecule has 0 spiro atoms. The van der Waals surface area contributed by atoms with E-state index in [9.17, 15) is 4.79 Å². The minimum Gasteiger partial charge on any atom is -0.294 e. The Balaban J connectivity index is 1.46. The zero-order chi connectivity index (χ0) is 21.0. The number of hydrogen-bond acceptors (Lipinski definition) is 6. The number of rotatable bonds is 5. The fourth-order valence-electron chi connectivity index (χ4n) is 3.06. The number of nitrogens with zero attached hydrogens (tertiary/aromatic N) is 5. The van der Waals surface area contributed by atoms with Gasteiger partial charge in [0.1, 0.15) is 5.01 Å². The third-order valence-corrected chi connectivity index (χ3v) is 5.40. The maximum absolute atomic E-state index is 12.9. The van der Waals surface area contributed by atoms with Gasteiger partial charge in [0.2, 0.25) is 11.0 Å². The fraction of sp³-hybridized carbons (Fsp3) is 0. The molecule has 7 nitrogen and oxygen atoms in total. The summed E-state index contributed by atoms with van der Waals surface area (Å²) in [5.41, 5.74) is 2.62. The second-order valence-electron chi connectivity index (χ2n) is 6.60. The maximum atomic E-state index is 12.9. The maximum Gasteiger partial charge on any atom is 0.297 e. The summed E-state index contributed by atoms with van der Waals surface area (Å²) in [7, 11) is 0. The van der Waals surface area contributed by atoms with E-state index in [1.54, 1.807) is 4.68 Å². The van der Waals surface area contributed by atoms with Crippen LogP contribution in [0.3, 0.4) is 0 Å². The molecule has 8 heteroatoms. The third-order valence-electron chi connectivity index (χ3n) is 4.51. The molecular formula is C23H16N6OS. The highest BCUT2D eigenvalue weighted by atomic mass is 32.1.